The summed E-state index contributed by atoms with van der Waals surface area (Å²) in [6.07, 6.45) is 2.12. The predicted octanol–water partition coefficient (Wildman–Crippen LogP) is 5.10. The first-order valence-electron chi connectivity index (χ1n) is 8.76. The Morgan fingerprint density at radius 2 is 1.71 bits per heavy atom. The lowest BCUT2D eigenvalue weighted by atomic mass is 9.89. The fourth-order valence-corrected chi connectivity index (χ4v) is 4.17. The van der Waals surface area contributed by atoms with Gasteiger partial charge in [0.2, 0.25) is 0 Å². The first-order valence-corrected chi connectivity index (χ1v) is 8.76. The van der Waals surface area contributed by atoms with Gasteiger partial charge in [-0.3, -0.25) is 0 Å². The average molecular weight is 312 g/mol. The third kappa shape index (κ3) is 1.99. The molecule has 0 N–H and O–H groups in total. The second-order valence-corrected chi connectivity index (χ2v) is 6.89. The van der Waals surface area contributed by atoms with Gasteiger partial charge in [-0.2, -0.15) is 0 Å². The number of rotatable bonds is 1. The third-order valence-electron chi connectivity index (χ3n) is 5.39. The summed E-state index contributed by atoms with van der Waals surface area (Å²) in [6, 6.07) is 21.9. The molecular weight excluding hydrogens is 292 g/mol. The lowest BCUT2D eigenvalue weighted by Crippen LogP contribution is -2.17. The van der Waals surface area contributed by atoms with Crippen molar-refractivity contribution in [2.75, 3.05) is 11.4 Å². The summed E-state index contributed by atoms with van der Waals surface area (Å²) in [5, 5.41) is 0. The zero-order valence-electron chi connectivity index (χ0n) is 13.9. The molecule has 0 spiro atoms. The number of para-hydroxylation sites is 1. The highest BCUT2D eigenvalue weighted by Gasteiger charge is 2.27. The van der Waals surface area contributed by atoms with Crippen LogP contribution in [0.15, 0.2) is 60.7 Å². The molecule has 1 atom stereocenters. The summed E-state index contributed by atoms with van der Waals surface area (Å²) in [4.78, 5) is 7.43. The van der Waals surface area contributed by atoms with Gasteiger partial charge in [-0.1, -0.05) is 49.4 Å². The first-order chi connectivity index (χ1) is 11.8. The molecule has 2 aromatic carbocycles. The van der Waals surface area contributed by atoms with E-state index in [1.54, 1.807) is 0 Å². The lowest BCUT2D eigenvalue weighted by Gasteiger charge is -2.23. The van der Waals surface area contributed by atoms with E-state index >= 15 is 0 Å². The van der Waals surface area contributed by atoms with Crippen LogP contribution in [0.2, 0.25) is 0 Å². The van der Waals surface area contributed by atoms with Crippen LogP contribution in [0.25, 0.3) is 11.1 Å². The number of aromatic nitrogens is 1. The maximum absolute atomic E-state index is 5.05. The van der Waals surface area contributed by atoms with E-state index in [0.29, 0.717) is 5.92 Å². The zero-order chi connectivity index (χ0) is 16.1. The molecule has 1 aliphatic carbocycles. The summed E-state index contributed by atoms with van der Waals surface area (Å²) in [5.74, 6) is 1.64. The van der Waals surface area contributed by atoms with Crippen molar-refractivity contribution in [1.82, 2.24) is 4.98 Å². The van der Waals surface area contributed by atoms with Crippen LogP contribution in [-0.2, 0) is 12.8 Å². The Labute approximate surface area is 142 Å². The van der Waals surface area contributed by atoms with Crippen LogP contribution in [0, 0.1) is 0 Å². The van der Waals surface area contributed by atoms with Gasteiger partial charge in [0, 0.05) is 23.7 Å². The van der Waals surface area contributed by atoms with Crippen molar-refractivity contribution in [3.63, 3.8) is 0 Å². The van der Waals surface area contributed by atoms with Crippen LogP contribution in [0.5, 0.6) is 0 Å². The molecule has 24 heavy (non-hydrogen) atoms. The molecule has 1 unspecified atom stereocenters. The number of hydrogen-bond acceptors (Lipinski definition) is 2. The highest BCUT2D eigenvalue weighted by Crippen LogP contribution is 2.41. The van der Waals surface area contributed by atoms with E-state index in [2.05, 4.69) is 72.5 Å². The molecule has 5 rings (SSSR count). The average Bonchev–Trinajstić information content (AvgIpc) is 2.98. The molecule has 0 radical (unpaired) electrons. The molecule has 1 aliphatic heterocycles. The van der Waals surface area contributed by atoms with Gasteiger partial charge < -0.3 is 4.90 Å². The number of fused-ring (bicyclic) bond motifs is 4. The van der Waals surface area contributed by atoms with E-state index in [1.165, 1.54) is 33.6 Å². The van der Waals surface area contributed by atoms with Crippen molar-refractivity contribution >= 4 is 11.5 Å². The van der Waals surface area contributed by atoms with Crippen molar-refractivity contribution in [1.29, 1.82) is 0 Å². The molecule has 0 fully saturated rings. The highest BCUT2D eigenvalue weighted by atomic mass is 15.2. The number of nitrogens with zero attached hydrogens (tertiary/aromatic N) is 2. The number of pyridine rings is 1. The fraction of sp³-hybridized carbons (Fsp3) is 0.227. The molecule has 0 amide bonds. The van der Waals surface area contributed by atoms with Gasteiger partial charge in [-0.05, 0) is 47.7 Å². The maximum atomic E-state index is 5.05. The van der Waals surface area contributed by atoms with Crippen LogP contribution in [0.1, 0.15) is 29.7 Å². The molecule has 0 saturated heterocycles. The van der Waals surface area contributed by atoms with Gasteiger partial charge in [-0.25, -0.2) is 4.98 Å². The fourth-order valence-electron chi connectivity index (χ4n) is 4.17. The number of anilines is 2. The van der Waals surface area contributed by atoms with Crippen molar-refractivity contribution in [2.45, 2.75) is 25.7 Å². The Kier molecular flexibility index (Phi) is 2.99. The second-order valence-electron chi connectivity index (χ2n) is 6.89. The summed E-state index contributed by atoms with van der Waals surface area (Å²) < 4.78 is 0. The molecule has 0 saturated carbocycles. The Balaban J connectivity index is 1.59. The van der Waals surface area contributed by atoms with Crippen molar-refractivity contribution in [3.8, 4) is 11.1 Å². The van der Waals surface area contributed by atoms with Gasteiger partial charge in [0.1, 0.15) is 5.82 Å². The Morgan fingerprint density at radius 3 is 2.67 bits per heavy atom. The first kappa shape index (κ1) is 13.8. The molecular formula is C22H20N2. The van der Waals surface area contributed by atoms with Gasteiger partial charge in [0.15, 0.2) is 0 Å². The van der Waals surface area contributed by atoms with Crippen LogP contribution in [0.3, 0.4) is 0 Å². The number of aryl methyl sites for hydroxylation is 2. The molecule has 3 aromatic rings. The molecule has 0 bridgehead atoms. The molecule has 2 heterocycles. The van der Waals surface area contributed by atoms with E-state index < -0.39 is 0 Å². The van der Waals surface area contributed by atoms with Gasteiger partial charge in [-0.15, -0.1) is 0 Å². The van der Waals surface area contributed by atoms with E-state index in [1.807, 2.05) is 0 Å². The van der Waals surface area contributed by atoms with Crippen molar-refractivity contribution in [2.24, 2.45) is 0 Å². The third-order valence-corrected chi connectivity index (χ3v) is 5.39. The molecule has 2 heteroatoms. The smallest absolute Gasteiger partial charge is 0.133 e. The topological polar surface area (TPSA) is 16.1 Å². The second kappa shape index (κ2) is 5.20. The Bertz CT molecular complexity index is 929. The minimum atomic E-state index is 0.555. The summed E-state index contributed by atoms with van der Waals surface area (Å²) in [7, 11) is 0. The Morgan fingerprint density at radius 1 is 0.875 bits per heavy atom. The number of hydrogen-bond donors (Lipinski definition) is 0. The molecule has 2 nitrogen and oxygen atoms in total. The van der Waals surface area contributed by atoms with Crippen molar-refractivity contribution in [3.05, 3.63) is 77.5 Å². The monoisotopic (exact) mass is 312 g/mol. The summed E-state index contributed by atoms with van der Waals surface area (Å²) in [5.41, 5.74) is 8.09. The van der Waals surface area contributed by atoms with Crippen molar-refractivity contribution < 1.29 is 0 Å². The van der Waals surface area contributed by atoms with Crippen LogP contribution in [0.4, 0.5) is 11.5 Å². The normalized spacial score (nSPS) is 18.0. The Hall–Kier alpha value is -2.61. The minimum absolute atomic E-state index is 0.555. The minimum Gasteiger partial charge on any atom is -0.326 e. The summed E-state index contributed by atoms with van der Waals surface area (Å²) >= 11 is 0. The molecule has 118 valence electrons. The molecule has 1 aromatic heterocycles. The zero-order valence-corrected chi connectivity index (χ0v) is 13.9. The van der Waals surface area contributed by atoms with E-state index in [0.717, 1.165) is 25.2 Å². The van der Waals surface area contributed by atoms with Crippen LogP contribution in [-0.4, -0.2) is 11.5 Å². The molecule has 2 aliphatic rings. The van der Waals surface area contributed by atoms with Crippen LogP contribution >= 0.6 is 0 Å². The summed E-state index contributed by atoms with van der Waals surface area (Å²) in [6.45, 7) is 3.31. The van der Waals surface area contributed by atoms with Gasteiger partial charge in [0.25, 0.3) is 0 Å². The highest BCUT2D eigenvalue weighted by molar-refractivity contribution is 5.75. The van der Waals surface area contributed by atoms with Gasteiger partial charge in [0.05, 0.1) is 5.69 Å². The maximum Gasteiger partial charge on any atom is 0.133 e. The van der Waals surface area contributed by atoms with E-state index in [-0.39, 0.29) is 0 Å². The quantitative estimate of drug-likeness (QED) is 0.621. The lowest BCUT2D eigenvalue weighted by molar-refractivity contribution is 0.802. The van der Waals surface area contributed by atoms with E-state index in [4.69, 9.17) is 4.98 Å². The standard InChI is InChI=1S/C22H20N2/c1-15-14-24(21-9-5-4-7-17(15)21)22-13-11-19-18-8-3-2-6-16(18)10-12-20(19)23-22/h2-9,11,13,15H,10,12,14H2,1H3. The predicted molar refractivity (Wildman–Crippen MR) is 98.9 cm³/mol. The van der Waals surface area contributed by atoms with Gasteiger partial charge >= 0.3 is 0 Å². The SMILES string of the molecule is CC1CN(c2ccc3c(n2)CCc2ccccc2-3)c2ccccc21. The largest absolute Gasteiger partial charge is 0.326 e. The van der Waals surface area contributed by atoms with Crippen LogP contribution < -0.4 is 4.90 Å². The van der Waals surface area contributed by atoms with E-state index in [9.17, 15) is 0 Å². The number of benzene rings is 2.